The van der Waals surface area contributed by atoms with Crippen LogP contribution in [0.2, 0.25) is 0 Å². The Morgan fingerprint density at radius 1 is 0.391 bits per heavy atom. The summed E-state index contributed by atoms with van der Waals surface area (Å²) >= 11 is 0. The number of rotatable bonds is 3. The lowest BCUT2D eigenvalue weighted by Crippen LogP contribution is -2.08. The Balaban J connectivity index is 1.41. The maximum atomic E-state index is 2.61. The molecule has 0 amide bonds. The zero-order valence-electron chi connectivity index (χ0n) is 25.8. The topological polar surface area (TPSA) is 9.86 Å². The number of aryl methyl sites for hydroxylation is 1. The molecule has 5 aromatic carbocycles. The molecule has 2 nitrogen and oxygen atoms in total. The molecule has 220 valence electrons. The van der Waals surface area contributed by atoms with E-state index in [2.05, 4.69) is 143 Å². The van der Waals surface area contributed by atoms with Crippen LogP contribution in [-0.2, 0) is 19.3 Å². The van der Waals surface area contributed by atoms with E-state index in [-0.39, 0.29) is 0 Å². The van der Waals surface area contributed by atoms with Gasteiger partial charge in [0.25, 0.3) is 0 Å². The first-order valence-corrected chi connectivity index (χ1v) is 16.8. The predicted octanol–water partition coefficient (Wildman–Crippen LogP) is 11.3. The van der Waals surface area contributed by atoms with Gasteiger partial charge in [-0.2, -0.15) is 0 Å². The molecule has 0 aliphatic heterocycles. The second kappa shape index (κ2) is 10.1. The largest absolute Gasteiger partial charge is 0.309 e. The summed E-state index contributed by atoms with van der Waals surface area (Å²) in [6.45, 7) is 0. The van der Waals surface area contributed by atoms with Gasteiger partial charge in [-0.05, 0) is 96.7 Å². The van der Waals surface area contributed by atoms with E-state index < -0.39 is 0 Å². The van der Waals surface area contributed by atoms with Gasteiger partial charge in [0.05, 0.1) is 16.9 Å². The quantitative estimate of drug-likeness (QED) is 0.181. The van der Waals surface area contributed by atoms with Crippen LogP contribution >= 0.6 is 0 Å². The molecule has 0 unspecified atom stereocenters. The Bertz CT molecular complexity index is 2420. The number of nitrogens with zero attached hydrogens (tertiary/aromatic N) is 2. The lowest BCUT2D eigenvalue weighted by Gasteiger charge is -2.23. The minimum atomic E-state index is 1.07. The Labute approximate surface area is 269 Å². The third-order valence-electron chi connectivity index (χ3n) is 10.5. The summed E-state index contributed by atoms with van der Waals surface area (Å²) in [5.41, 5.74) is 14.9. The lowest BCUT2D eigenvalue weighted by molar-refractivity contribution is 0.922. The van der Waals surface area contributed by atoms with Gasteiger partial charge in [-0.1, -0.05) is 103 Å². The Morgan fingerprint density at radius 3 is 1.59 bits per heavy atom. The van der Waals surface area contributed by atoms with Crippen LogP contribution in [0, 0.1) is 0 Å². The molecule has 0 fully saturated rings. The summed E-state index contributed by atoms with van der Waals surface area (Å²) in [6.07, 6.45) is 20.9. The fourth-order valence-corrected chi connectivity index (χ4v) is 8.56. The predicted molar refractivity (Wildman–Crippen MR) is 195 cm³/mol. The molecule has 3 aliphatic carbocycles. The van der Waals surface area contributed by atoms with E-state index >= 15 is 0 Å². The van der Waals surface area contributed by atoms with E-state index in [1.165, 1.54) is 77.6 Å². The van der Waals surface area contributed by atoms with Crippen LogP contribution in [0.15, 0.2) is 115 Å². The summed E-state index contributed by atoms with van der Waals surface area (Å²) in [4.78, 5) is 0. The molecular formula is C44H34N2. The summed E-state index contributed by atoms with van der Waals surface area (Å²) < 4.78 is 5.18. The fraction of sp³-hybridized carbons (Fsp3) is 0.136. The second-order valence-electron chi connectivity index (χ2n) is 13.0. The third kappa shape index (κ3) is 3.64. The van der Waals surface area contributed by atoms with Crippen molar-refractivity contribution < 1.29 is 0 Å². The van der Waals surface area contributed by atoms with E-state index in [0.29, 0.717) is 0 Å². The highest BCUT2D eigenvalue weighted by molar-refractivity contribution is 6.16. The molecule has 2 heteroatoms. The van der Waals surface area contributed by atoms with Crippen LogP contribution < -0.4 is 0 Å². The zero-order chi connectivity index (χ0) is 30.2. The number of hydrogen-bond donors (Lipinski definition) is 0. The van der Waals surface area contributed by atoms with Gasteiger partial charge < -0.3 is 9.13 Å². The molecule has 0 atom stereocenters. The highest BCUT2D eigenvalue weighted by Gasteiger charge is 2.28. The number of allylic oxidation sites excluding steroid dienone is 3. The van der Waals surface area contributed by atoms with Crippen molar-refractivity contribution in [2.75, 3.05) is 0 Å². The first kappa shape index (κ1) is 25.9. The normalized spacial score (nSPS) is 15.0. The lowest BCUT2D eigenvalue weighted by atomic mass is 9.94. The van der Waals surface area contributed by atoms with Gasteiger partial charge >= 0.3 is 0 Å². The van der Waals surface area contributed by atoms with E-state index in [1.807, 2.05) is 0 Å². The average Bonchev–Trinajstić information content (AvgIpc) is 3.64. The monoisotopic (exact) mass is 590 g/mol. The highest BCUT2D eigenvalue weighted by atomic mass is 15.0. The van der Waals surface area contributed by atoms with Crippen molar-refractivity contribution in [3.63, 3.8) is 0 Å². The minimum absolute atomic E-state index is 1.07. The molecule has 0 radical (unpaired) electrons. The number of hydrogen-bond acceptors (Lipinski definition) is 0. The van der Waals surface area contributed by atoms with Crippen LogP contribution in [0.4, 0.5) is 0 Å². The zero-order valence-corrected chi connectivity index (χ0v) is 25.8. The van der Waals surface area contributed by atoms with Crippen LogP contribution in [0.3, 0.4) is 0 Å². The number of aromatic nitrogens is 2. The average molecular weight is 591 g/mol. The first-order chi connectivity index (χ1) is 22.9. The van der Waals surface area contributed by atoms with Crippen molar-refractivity contribution >= 4 is 50.7 Å². The minimum Gasteiger partial charge on any atom is -0.309 e. The second-order valence-corrected chi connectivity index (χ2v) is 13.0. The van der Waals surface area contributed by atoms with Crippen molar-refractivity contribution in [3.05, 3.63) is 149 Å². The van der Waals surface area contributed by atoms with Gasteiger partial charge in [-0.3, -0.25) is 0 Å². The molecule has 10 rings (SSSR count). The van der Waals surface area contributed by atoms with Crippen molar-refractivity contribution in [2.45, 2.75) is 38.5 Å². The highest BCUT2D eigenvalue weighted by Crippen LogP contribution is 2.46. The van der Waals surface area contributed by atoms with E-state index in [0.717, 1.165) is 38.5 Å². The van der Waals surface area contributed by atoms with Gasteiger partial charge in [0.15, 0.2) is 0 Å². The van der Waals surface area contributed by atoms with E-state index in [4.69, 9.17) is 0 Å². The molecule has 7 aromatic rings. The molecule has 3 aliphatic rings. The Kier molecular flexibility index (Phi) is 5.69. The SMILES string of the molecule is C1=Cc2c(c3c(n2-c2c4ccccc4c(-n4c5c(c6ccccc64)CCC=C5)c4cc(-c5ccccc5)ccc24)C=CCC3)CC1. The van der Waals surface area contributed by atoms with E-state index in [9.17, 15) is 0 Å². The molecule has 0 bridgehead atoms. The van der Waals surface area contributed by atoms with Gasteiger partial charge in [-0.25, -0.2) is 0 Å². The summed E-state index contributed by atoms with van der Waals surface area (Å²) in [5, 5.41) is 6.52. The van der Waals surface area contributed by atoms with Crippen LogP contribution in [0.1, 0.15) is 53.0 Å². The van der Waals surface area contributed by atoms with Crippen LogP contribution in [-0.4, -0.2) is 9.13 Å². The number of para-hydroxylation sites is 1. The van der Waals surface area contributed by atoms with Gasteiger partial charge in [0.1, 0.15) is 0 Å². The third-order valence-corrected chi connectivity index (χ3v) is 10.5. The standard InChI is InChI=1S/C44H34N2/c1-2-14-29(15-3-1)30-26-27-37-38(28-30)44(46-41-24-12-8-18-33(41)34-19-9-13-25-42(34)46)36-21-5-4-20-35(36)43(37)45-39-22-10-6-16-31(39)32-17-7-11-23-40(32)45/h1-5,8,10-15,18,20-28H,6-7,9,16-17,19H2. The molecular weight excluding hydrogens is 556 g/mol. The molecule has 2 aromatic heterocycles. The van der Waals surface area contributed by atoms with Crippen LogP contribution in [0.5, 0.6) is 0 Å². The molecule has 46 heavy (non-hydrogen) atoms. The maximum absolute atomic E-state index is 2.61. The summed E-state index contributed by atoms with van der Waals surface area (Å²) in [7, 11) is 0. The van der Waals surface area contributed by atoms with Gasteiger partial charge in [0.2, 0.25) is 0 Å². The van der Waals surface area contributed by atoms with Crippen LogP contribution in [0.25, 0.3) is 73.2 Å². The van der Waals surface area contributed by atoms with Crippen molar-refractivity contribution in [1.82, 2.24) is 9.13 Å². The molecule has 2 heterocycles. The Morgan fingerprint density at radius 2 is 0.913 bits per heavy atom. The van der Waals surface area contributed by atoms with Gasteiger partial charge in [0, 0.05) is 44.0 Å². The van der Waals surface area contributed by atoms with Crippen molar-refractivity contribution in [2.24, 2.45) is 0 Å². The van der Waals surface area contributed by atoms with Gasteiger partial charge in [-0.15, -0.1) is 0 Å². The van der Waals surface area contributed by atoms with E-state index in [1.54, 1.807) is 11.1 Å². The number of fused-ring (bicyclic) bond motifs is 8. The maximum Gasteiger partial charge on any atom is 0.0620 e. The Hall–Kier alpha value is -5.34. The molecule has 0 saturated heterocycles. The molecule has 0 N–H and O–H groups in total. The summed E-state index contributed by atoms with van der Waals surface area (Å²) in [6, 6.07) is 36.2. The summed E-state index contributed by atoms with van der Waals surface area (Å²) in [5.74, 6) is 0. The molecule has 0 spiro atoms. The fourth-order valence-electron chi connectivity index (χ4n) is 8.56. The van der Waals surface area contributed by atoms with Crippen molar-refractivity contribution in [1.29, 1.82) is 0 Å². The smallest absolute Gasteiger partial charge is 0.0620 e. The first-order valence-electron chi connectivity index (χ1n) is 16.8. The number of benzene rings is 5. The van der Waals surface area contributed by atoms with Crippen molar-refractivity contribution in [3.8, 4) is 22.5 Å². The molecule has 0 saturated carbocycles.